The molecule has 0 radical (unpaired) electrons. The van der Waals surface area contributed by atoms with Crippen molar-refractivity contribution in [3.63, 3.8) is 0 Å². The average molecular weight is 392 g/mol. The Kier molecular flexibility index (Phi) is 4.77. The lowest BCUT2D eigenvalue weighted by molar-refractivity contribution is -0.200. The van der Waals surface area contributed by atoms with Gasteiger partial charge in [-0.05, 0) is 27.7 Å². The number of phosphoric acid groups is 1. The van der Waals surface area contributed by atoms with E-state index in [1.165, 1.54) is 4.57 Å². The Bertz CT molecular complexity index is 870. The van der Waals surface area contributed by atoms with E-state index in [1.807, 2.05) is 0 Å². The van der Waals surface area contributed by atoms with Crippen LogP contribution < -0.4 is 11.2 Å². The fourth-order valence-electron chi connectivity index (χ4n) is 3.23. The first kappa shape index (κ1) is 19.4. The van der Waals surface area contributed by atoms with Crippen LogP contribution >= 0.6 is 7.82 Å². The number of nitrogens with one attached hydrogen (secondary N) is 1. The van der Waals surface area contributed by atoms with Gasteiger partial charge in [-0.3, -0.25) is 18.9 Å². The molecule has 0 bridgehead atoms. The van der Waals surface area contributed by atoms with Gasteiger partial charge in [0, 0.05) is 11.3 Å². The molecule has 1 unspecified atom stereocenters. The molecule has 2 saturated heterocycles. The summed E-state index contributed by atoms with van der Waals surface area (Å²) in [5, 5.41) is 0. The van der Waals surface area contributed by atoms with E-state index >= 15 is 0 Å². The van der Waals surface area contributed by atoms with Crippen molar-refractivity contribution in [3.8, 4) is 0 Å². The Morgan fingerprint density at radius 1 is 1.23 bits per heavy atom. The van der Waals surface area contributed by atoms with Crippen LogP contribution in [0.2, 0.25) is 0 Å². The van der Waals surface area contributed by atoms with E-state index < -0.39 is 56.0 Å². The molecule has 2 fully saturated rings. The van der Waals surface area contributed by atoms with E-state index in [0.717, 1.165) is 0 Å². The van der Waals surface area contributed by atoms with Crippen molar-refractivity contribution in [1.29, 1.82) is 0 Å². The molecule has 0 aromatic carbocycles. The minimum atomic E-state index is -4.70. The Balaban J connectivity index is 1.98. The van der Waals surface area contributed by atoms with Crippen LogP contribution in [-0.2, 0) is 23.3 Å². The van der Waals surface area contributed by atoms with E-state index in [4.69, 9.17) is 24.0 Å². The smallest absolute Gasteiger partial charge is 0.346 e. The molecule has 4 atom stereocenters. The molecule has 1 aromatic heterocycles. The van der Waals surface area contributed by atoms with Crippen molar-refractivity contribution in [1.82, 2.24) is 9.55 Å². The van der Waals surface area contributed by atoms with Gasteiger partial charge in [0.15, 0.2) is 12.0 Å². The van der Waals surface area contributed by atoms with Crippen LogP contribution in [0.5, 0.6) is 0 Å². The molecule has 11 nitrogen and oxygen atoms in total. The topological polar surface area (TPSA) is 149 Å². The molecule has 0 amide bonds. The summed E-state index contributed by atoms with van der Waals surface area (Å²) in [5.74, 6) is -0.980. The maximum Gasteiger partial charge on any atom is 0.469 e. The summed E-state index contributed by atoms with van der Waals surface area (Å²) in [5.41, 5.74) is -0.430. The van der Waals surface area contributed by atoms with Crippen LogP contribution in [0.1, 0.15) is 31.3 Å². The molecule has 1 aromatic rings. The molecule has 12 heteroatoms. The molecular formula is C14H21N2O9P. The summed E-state index contributed by atoms with van der Waals surface area (Å²) >= 11 is 0. The van der Waals surface area contributed by atoms with Crippen LogP contribution in [-0.4, -0.2) is 50.0 Å². The summed E-state index contributed by atoms with van der Waals surface area (Å²) in [7, 11) is -4.70. The number of hydrogen-bond donors (Lipinski definition) is 3. The van der Waals surface area contributed by atoms with Gasteiger partial charge in [-0.15, -0.1) is 0 Å². The zero-order chi connectivity index (χ0) is 19.4. The monoisotopic (exact) mass is 392 g/mol. The second-order valence-corrected chi connectivity index (χ2v) is 8.00. The third-order valence-electron chi connectivity index (χ3n) is 4.47. The van der Waals surface area contributed by atoms with Crippen LogP contribution in [0.15, 0.2) is 9.59 Å². The van der Waals surface area contributed by atoms with Gasteiger partial charge in [-0.2, -0.15) is 0 Å². The van der Waals surface area contributed by atoms with Crippen LogP contribution in [0, 0.1) is 13.8 Å². The van der Waals surface area contributed by atoms with E-state index in [2.05, 4.69) is 9.51 Å². The van der Waals surface area contributed by atoms with Crippen molar-refractivity contribution in [2.45, 2.75) is 58.0 Å². The molecular weight excluding hydrogens is 371 g/mol. The molecule has 3 N–H and O–H groups in total. The molecule has 3 rings (SSSR count). The highest BCUT2D eigenvalue weighted by atomic mass is 31.2. The van der Waals surface area contributed by atoms with Gasteiger partial charge in [0.25, 0.3) is 5.56 Å². The molecule has 3 heterocycles. The van der Waals surface area contributed by atoms with Crippen molar-refractivity contribution in [2.75, 3.05) is 6.61 Å². The summed E-state index contributed by atoms with van der Waals surface area (Å²) in [6, 6.07) is 0. The minimum absolute atomic E-state index is 0.345. The zero-order valence-electron chi connectivity index (χ0n) is 14.7. The summed E-state index contributed by atoms with van der Waals surface area (Å²) in [6.07, 6.45) is -3.26. The molecule has 26 heavy (non-hydrogen) atoms. The number of fused-ring (bicyclic) bond motifs is 1. The van der Waals surface area contributed by atoms with Crippen LogP contribution in [0.3, 0.4) is 0 Å². The third-order valence-corrected chi connectivity index (χ3v) is 4.96. The van der Waals surface area contributed by atoms with Crippen LogP contribution in [0.25, 0.3) is 0 Å². The number of aromatic amines is 1. The number of phosphoric ester groups is 1. The van der Waals surface area contributed by atoms with E-state index in [1.54, 1.807) is 27.7 Å². The van der Waals surface area contributed by atoms with Crippen molar-refractivity contribution in [2.24, 2.45) is 0 Å². The molecule has 146 valence electrons. The van der Waals surface area contributed by atoms with Crippen molar-refractivity contribution >= 4 is 7.82 Å². The van der Waals surface area contributed by atoms with Gasteiger partial charge in [-0.1, -0.05) is 0 Å². The zero-order valence-corrected chi connectivity index (χ0v) is 15.6. The van der Waals surface area contributed by atoms with Gasteiger partial charge in [-0.25, -0.2) is 9.36 Å². The standard InChI is InChI=1S/C14H21N2O9P/c1-6-7(2)16(13(18)15-11(6)17)12-10-9(24-14(3,4)25-10)8(23-12)5-22-26(19,20)21/h8-10,12H,5H2,1-4H3,(H,15,17,18)(H2,19,20,21)/t8-,9-,10?,12-/m1/s1. The fourth-order valence-corrected chi connectivity index (χ4v) is 3.57. The lowest BCUT2D eigenvalue weighted by Crippen LogP contribution is -2.40. The Morgan fingerprint density at radius 3 is 2.46 bits per heavy atom. The Labute approximate surface area is 148 Å². The second-order valence-electron chi connectivity index (χ2n) is 6.76. The van der Waals surface area contributed by atoms with Gasteiger partial charge >= 0.3 is 13.5 Å². The van der Waals surface area contributed by atoms with Gasteiger partial charge in [0.05, 0.1) is 6.61 Å². The average Bonchev–Trinajstić information content (AvgIpc) is 2.96. The number of nitrogens with zero attached hydrogens (tertiary/aromatic N) is 1. The van der Waals surface area contributed by atoms with Gasteiger partial charge in [0.2, 0.25) is 0 Å². The largest absolute Gasteiger partial charge is 0.469 e. The number of hydrogen-bond acceptors (Lipinski definition) is 7. The minimum Gasteiger partial charge on any atom is -0.346 e. The highest BCUT2D eigenvalue weighted by Crippen LogP contribution is 2.45. The fraction of sp³-hybridized carbons (Fsp3) is 0.714. The first-order valence-electron chi connectivity index (χ1n) is 7.93. The summed E-state index contributed by atoms with van der Waals surface area (Å²) in [4.78, 5) is 44.2. The SMILES string of the molecule is Cc1c(C)n([C@@H]2O[C@H](COP(=O)(O)O)[C@H]3OC(C)(C)OC23)c(=O)[nH]c1=O. The first-order valence-corrected chi connectivity index (χ1v) is 9.46. The van der Waals surface area contributed by atoms with Crippen LogP contribution in [0.4, 0.5) is 0 Å². The molecule has 2 aliphatic heterocycles. The molecule has 0 saturated carbocycles. The third kappa shape index (κ3) is 3.56. The first-order chi connectivity index (χ1) is 11.9. The molecule has 0 spiro atoms. The second kappa shape index (κ2) is 6.38. The lowest BCUT2D eigenvalue weighted by Gasteiger charge is -2.26. The van der Waals surface area contributed by atoms with Gasteiger partial charge < -0.3 is 24.0 Å². The lowest BCUT2D eigenvalue weighted by atomic mass is 10.1. The van der Waals surface area contributed by atoms with E-state index in [9.17, 15) is 14.2 Å². The molecule has 2 aliphatic rings. The summed E-state index contributed by atoms with van der Waals surface area (Å²) in [6.45, 7) is 6.08. The Morgan fingerprint density at radius 2 is 1.85 bits per heavy atom. The predicted molar refractivity (Wildman–Crippen MR) is 86.5 cm³/mol. The van der Waals surface area contributed by atoms with E-state index in [-0.39, 0.29) is 0 Å². The maximum atomic E-state index is 12.3. The number of ether oxygens (including phenoxy) is 3. The number of aromatic nitrogens is 2. The highest BCUT2D eigenvalue weighted by Gasteiger charge is 2.56. The number of rotatable bonds is 4. The maximum absolute atomic E-state index is 12.3. The quantitative estimate of drug-likeness (QED) is 0.586. The summed E-state index contributed by atoms with van der Waals surface area (Å²) < 4.78 is 34.2. The van der Waals surface area contributed by atoms with Gasteiger partial charge in [0.1, 0.15) is 18.3 Å². The highest BCUT2D eigenvalue weighted by molar-refractivity contribution is 7.46. The van der Waals surface area contributed by atoms with E-state index in [0.29, 0.717) is 11.3 Å². The normalized spacial score (nSPS) is 30.5. The number of H-pyrrole nitrogens is 1. The van der Waals surface area contributed by atoms with Crippen molar-refractivity contribution in [3.05, 3.63) is 32.1 Å². The Hall–Kier alpha value is -1.33. The van der Waals surface area contributed by atoms with Crippen molar-refractivity contribution < 1.29 is 33.1 Å². The predicted octanol–water partition coefficient (Wildman–Crippen LogP) is -0.320. The molecule has 0 aliphatic carbocycles.